The average Bonchev–Trinajstić information content (AvgIpc) is 2.77. The molecule has 116 valence electrons. The van der Waals surface area contributed by atoms with E-state index in [-0.39, 0.29) is 31.1 Å². The van der Waals surface area contributed by atoms with Gasteiger partial charge in [-0.25, -0.2) is 4.79 Å². The third-order valence-electron chi connectivity index (χ3n) is 3.53. The van der Waals surface area contributed by atoms with Gasteiger partial charge in [0.15, 0.2) is 0 Å². The van der Waals surface area contributed by atoms with E-state index in [4.69, 9.17) is 4.74 Å². The molecule has 2 aromatic rings. The number of ether oxygens (including phenoxy) is 1. The predicted molar refractivity (Wildman–Crippen MR) is 83.2 cm³/mol. The van der Waals surface area contributed by atoms with Crippen molar-refractivity contribution in [2.75, 3.05) is 6.61 Å². The minimum atomic E-state index is -0.436. The third kappa shape index (κ3) is 2.93. The molecule has 1 aromatic heterocycles. The fourth-order valence-electron chi connectivity index (χ4n) is 2.54. The lowest BCUT2D eigenvalue weighted by atomic mass is 10.1. The molecule has 0 spiro atoms. The highest BCUT2D eigenvalue weighted by atomic mass is 16.5. The molecule has 0 N–H and O–H groups in total. The van der Waals surface area contributed by atoms with Crippen LogP contribution in [0.15, 0.2) is 24.3 Å². The highest BCUT2D eigenvalue weighted by Gasteiger charge is 2.23. The Labute approximate surface area is 128 Å². The zero-order valence-corrected chi connectivity index (χ0v) is 13.0. The number of esters is 1. The quantitative estimate of drug-likeness (QED) is 0.796. The van der Waals surface area contributed by atoms with E-state index in [0.29, 0.717) is 22.2 Å². The number of aromatic nitrogens is 1. The molecule has 22 heavy (non-hydrogen) atoms. The van der Waals surface area contributed by atoms with Crippen molar-refractivity contribution in [2.45, 2.75) is 33.6 Å². The molecule has 0 amide bonds. The number of ketones is 1. The lowest BCUT2D eigenvalue weighted by molar-refractivity contribution is -0.117. The Morgan fingerprint density at radius 2 is 1.82 bits per heavy atom. The smallest absolute Gasteiger partial charge is 0.340 e. The van der Waals surface area contributed by atoms with Crippen molar-refractivity contribution in [1.29, 1.82) is 0 Å². The molecule has 0 unspecified atom stereocenters. The molecule has 0 radical (unpaired) electrons. The molecular formula is C17H19NO4. The number of hydrogen-bond donors (Lipinski definition) is 0. The van der Waals surface area contributed by atoms with Crippen molar-refractivity contribution in [1.82, 2.24) is 4.57 Å². The summed E-state index contributed by atoms with van der Waals surface area (Å²) in [7, 11) is 0. The van der Waals surface area contributed by atoms with Crippen LogP contribution >= 0.6 is 0 Å². The normalized spacial score (nSPS) is 10.7. The van der Waals surface area contributed by atoms with Gasteiger partial charge >= 0.3 is 5.97 Å². The maximum absolute atomic E-state index is 12.4. The van der Waals surface area contributed by atoms with Gasteiger partial charge in [0.25, 0.3) is 0 Å². The van der Waals surface area contributed by atoms with Gasteiger partial charge in [-0.15, -0.1) is 0 Å². The van der Waals surface area contributed by atoms with E-state index in [1.807, 2.05) is 12.1 Å². The number of nitrogens with zero attached hydrogens (tertiary/aromatic N) is 1. The van der Waals surface area contributed by atoms with E-state index in [9.17, 15) is 14.4 Å². The predicted octanol–water partition coefficient (Wildman–Crippen LogP) is 3.14. The Morgan fingerprint density at radius 3 is 2.45 bits per heavy atom. The number of carbonyl (C=O) groups excluding carboxylic acids is 3. The minimum absolute atomic E-state index is 0.0342. The zero-order chi connectivity index (χ0) is 16.3. The minimum Gasteiger partial charge on any atom is -0.462 e. The van der Waals surface area contributed by atoms with E-state index < -0.39 is 5.97 Å². The fraction of sp³-hybridized carbons (Fsp3) is 0.353. The van der Waals surface area contributed by atoms with Crippen molar-refractivity contribution in [2.24, 2.45) is 0 Å². The Morgan fingerprint density at radius 1 is 1.14 bits per heavy atom. The van der Waals surface area contributed by atoms with E-state index in [0.717, 1.165) is 0 Å². The molecule has 1 aromatic carbocycles. The summed E-state index contributed by atoms with van der Waals surface area (Å²) in [5.41, 5.74) is 1.62. The Balaban J connectivity index is 2.55. The summed E-state index contributed by atoms with van der Waals surface area (Å²) in [6.07, 6.45) is 0.316. The maximum Gasteiger partial charge on any atom is 0.340 e. The van der Waals surface area contributed by atoms with Gasteiger partial charge in [-0.05, 0) is 26.8 Å². The summed E-state index contributed by atoms with van der Waals surface area (Å²) in [4.78, 5) is 35.7. The van der Waals surface area contributed by atoms with Crippen LogP contribution in [0.1, 0.15) is 47.5 Å². The first kappa shape index (κ1) is 15.9. The second kappa shape index (κ2) is 6.56. The first-order chi connectivity index (χ1) is 10.5. The largest absolute Gasteiger partial charge is 0.462 e. The second-order valence-corrected chi connectivity index (χ2v) is 5.13. The first-order valence-electron chi connectivity index (χ1n) is 7.27. The van der Waals surface area contributed by atoms with Crippen LogP contribution in [-0.4, -0.2) is 28.8 Å². The van der Waals surface area contributed by atoms with Gasteiger partial charge in [0, 0.05) is 23.9 Å². The average molecular weight is 301 g/mol. The van der Waals surface area contributed by atoms with Crippen molar-refractivity contribution in [3.63, 3.8) is 0 Å². The van der Waals surface area contributed by atoms with Crippen LogP contribution in [0.4, 0.5) is 0 Å². The third-order valence-corrected chi connectivity index (χ3v) is 3.53. The van der Waals surface area contributed by atoms with Gasteiger partial charge in [0.1, 0.15) is 5.78 Å². The Bertz CT molecular complexity index is 742. The summed E-state index contributed by atoms with van der Waals surface area (Å²) < 4.78 is 6.59. The molecule has 1 heterocycles. The molecule has 0 fully saturated rings. The van der Waals surface area contributed by atoms with E-state index in [1.165, 1.54) is 11.5 Å². The lowest BCUT2D eigenvalue weighted by Crippen LogP contribution is -2.14. The van der Waals surface area contributed by atoms with Crippen molar-refractivity contribution in [3.8, 4) is 0 Å². The van der Waals surface area contributed by atoms with Crippen LogP contribution in [0.2, 0.25) is 0 Å². The molecule has 0 bridgehead atoms. The maximum atomic E-state index is 12.4. The molecule has 0 saturated heterocycles. The zero-order valence-electron chi connectivity index (χ0n) is 13.0. The van der Waals surface area contributed by atoms with Gasteiger partial charge in [0.05, 0.1) is 17.7 Å². The molecule has 2 rings (SSSR count). The summed E-state index contributed by atoms with van der Waals surface area (Å²) in [5.74, 6) is -0.665. The van der Waals surface area contributed by atoms with Crippen molar-refractivity contribution in [3.05, 3.63) is 35.5 Å². The molecule has 0 saturated carbocycles. The SMILES string of the molecule is CCOC(=O)c1c(C)n(C(=O)CCC(C)=O)c2ccccc12. The highest BCUT2D eigenvalue weighted by molar-refractivity contribution is 6.09. The molecule has 0 atom stereocenters. The van der Waals surface area contributed by atoms with Gasteiger partial charge in [-0.2, -0.15) is 0 Å². The number of para-hydroxylation sites is 1. The van der Waals surface area contributed by atoms with E-state index in [1.54, 1.807) is 26.0 Å². The van der Waals surface area contributed by atoms with Crippen LogP contribution in [0.3, 0.4) is 0 Å². The van der Waals surface area contributed by atoms with Gasteiger partial charge in [-0.3, -0.25) is 9.36 Å². The van der Waals surface area contributed by atoms with Gasteiger partial charge in [-0.1, -0.05) is 18.2 Å². The summed E-state index contributed by atoms with van der Waals surface area (Å²) >= 11 is 0. The summed E-state index contributed by atoms with van der Waals surface area (Å²) in [6, 6.07) is 7.21. The lowest BCUT2D eigenvalue weighted by Gasteiger charge is -2.06. The van der Waals surface area contributed by atoms with Crippen LogP contribution in [0.25, 0.3) is 10.9 Å². The molecule has 0 aliphatic rings. The number of hydrogen-bond acceptors (Lipinski definition) is 4. The van der Waals surface area contributed by atoms with Gasteiger partial charge in [0.2, 0.25) is 5.91 Å². The summed E-state index contributed by atoms with van der Waals surface area (Å²) in [6.45, 7) is 5.19. The number of fused-ring (bicyclic) bond motifs is 1. The van der Waals surface area contributed by atoms with Crippen molar-refractivity contribution >= 4 is 28.6 Å². The van der Waals surface area contributed by atoms with Crippen LogP contribution < -0.4 is 0 Å². The number of Topliss-reactive ketones (excluding diaryl/α,β-unsaturated/α-hetero) is 1. The molecule has 5 heteroatoms. The van der Waals surface area contributed by atoms with Crippen LogP contribution in [0.5, 0.6) is 0 Å². The topological polar surface area (TPSA) is 65.4 Å². The Hall–Kier alpha value is -2.43. The fourth-order valence-corrected chi connectivity index (χ4v) is 2.54. The first-order valence-corrected chi connectivity index (χ1v) is 7.27. The molecule has 0 aliphatic heterocycles. The van der Waals surface area contributed by atoms with E-state index in [2.05, 4.69) is 0 Å². The standard InChI is InChI=1S/C17H19NO4/c1-4-22-17(21)16-12(3)18(15(20)10-9-11(2)19)14-8-6-5-7-13(14)16/h5-8H,4,9-10H2,1-3H3. The van der Waals surface area contributed by atoms with Crippen molar-refractivity contribution < 1.29 is 19.1 Å². The Kier molecular flexibility index (Phi) is 4.75. The van der Waals surface area contributed by atoms with Crippen LogP contribution in [-0.2, 0) is 9.53 Å². The number of benzene rings is 1. The second-order valence-electron chi connectivity index (χ2n) is 5.13. The van der Waals surface area contributed by atoms with E-state index >= 15 is 0 Å². The molecule has 5 nitrogen and oxygen atoms in total. The number of rotatable bonds is 5. The monoisotopic (exact) mass is 301 g/mol. The van der Waals surface area contributed by atoms with Crippen LogP contribution in [0, 0.1) is 6.92 Å². The molecular weight excluding hydrogens is 282 g/mol. The highest BCUT2D eigenvalue weighted by Crippen LogP contribution is 2.27. The van der Waals surface area contributed by atoms with Gasteiger partial charge < -0.3 is 9.53 Å². The molecule has 0 aliphatic carbocycles. The number of carbonyl (C=O) groups is 3. The summed E-state index contributed by atoms with van der Waals surface area (Å²) in [5, 5.41) is 0.689.